The largest absolute Gasteiger partial charge is 0.323 e. The van der Waals surface area contributed by atoms with Gasteiger partial charge < -0.3 is 5.32 Å². The zero-order valence-electron chi connectivity index (χ0n) is 10.8. The Bertz CT molecular complexity index is 606. The molecule has 0 aliphatic carbocycles. The lowest BCUT2D eigenvalue weighted by molar-refractivity contribution is -0.115. The van der Waals surface area contributed by atoms with E-state index >= 15 is 0 Å². The van der Waals surface area contributed by atoms with Crippen LogP contribution in [0.4, 0.5) is 10.1 Å². The first-order chi connectivity index (χ1) is 9.56. The topological polar surface area (TPSA) is 29.1 Å². The van der Waals surface area contributed by atoms with Crippen LogP contribution in [0, 0.1) is 5.82 Å². The minimum atomic E-state index is -0.500. The summed E-state index contributed by atoms with van der Waals surface area (Å²) >= 11 is 7.20. The minimum Gasteiger partial charge on any atom is -0.323 e. The van der Waals surface area contributed by atoms with Crippen molar-refractivity contribution in [1.82, 2.24) is 0 Å². The van der Waals surface area contributed by atoms with Crippen molar-refractivity contribution in [3.63, 3.8) is 0 Å². The lowest BCUT2D eigenvalue weighted by Gasteiger charge is -2.12. The molecule has 0 heterocycles. The van der Waals surface area contributed by atoms with E-state index in [2.05, 4.69) is 5.32 Å². The fraction of sp³-hybridized carbons (Fsp3) is 0.133. The van der Waals surface area contributed by atoms with Gasteiger partial charge in [0, 0.05) is 9.92 Å². The predicted octanol–water partition coefficient (Wildman–Crippen LogP) is 4.60. The third-order valence-corrected chi connectivity index (χ3v) is 3.96. The molecule has 2 aromatic rings. The molecule has 0 saturated carbocycles. The Labute approximate surface area is 126 Å². The molecule has 20 heavy (non-hydrogen) atoms. The molecule has 0 fully saturated rings. The van der Waals surface area contributed by atoms with E-state index in [9.17, 15) is 9.18 Å². The second kappa shape index (κ2) is 6.77. The monoisotopic (exact) mass is 309 g/mol. The summed E-state index contributed by atoms with van der Waals surface area (Å²) in [5.41, 5.74) is 0.100. The lowest BCUT2D eigenvalue weighted by Crippen LogP contribution is -2.22. The second-order valence-corrected chi connectivity index (χ2v) is 6.04. The van der Waals surface area contributed by atoms with Gasteiger partial charge in [0.25, 0.3) is 0 Å². The summed E-state index contributed by atoms with van der Waals surface area (Å²) in [7, 11) is 0. The van der Waals surface area contributed by atoms with Gasteiger partial charge in [-0.1, -0.05) is 29.8 Å². The van der Waals surface area contributed by atoms with Crippen LogP contribution in [-0.2, 0) is 4.79 Å². The van der Waals surface area contributed by atoms with Gasteiger partial charge in [0.15, 0.2) is 0 Å². The van der Waals surface area contributed by atoms with Crippen molar-refractivity contribution in [1.29, 1.82) is 0 Å². The predicted molar refractivity (Wildman–Crippen MR) is 81.8 cm³/mol. The van der Waals surface area contributed by atoms with E-state index in [1.54, 1.807) is 6.92 Å². The molecule has 0 aliphatic heterocycles. The van der Waals surface area contributed by atoms with Crippen molar-refractivity contribution in [3.05, 3.63) is 59.4 Å². The van der Waals surface area contributed by atoms with E-state index in [-0.39, 0.29) is 16.8 Å². The van der Waals surface area contributed by atoms with E-state index in [4.69, 9.17) is 11.6 Å². The van der Waals surface area contributed by atoms with Crippen LogP contribution in [0.3, 0.4) is 0 Å². The quantitative estimate of drug-likeness (QED) is 0.836. The standard InChI is InChI=1S/C15H13ClFNOS/c1-10(20-12-5-3-2-4-6-12)15(19)18-14-9-11(16)7-8-13(14)17/h2-10H,1H3,(H,18,19). The average molecular weight is 310 g/mol. The zero-order valence-corrected chi connectivity index (χ0v) is 12.3. The van der Waals surface area contributed by atoms with Gasteiger partial charge in [-0.3, -0.25) is 4.79 Å². The molecule has 1 N–H and O–H groups in total. The zero-order chi connectivity index (χ0) is 14.5. The summed E-state index contributed by atoms with van der Waals surface area (Å²) in [6.07, 6.45) is 0. The summed E-state index contributed by atoms with van der Waals surface area (Å²) in [5.74, 6) is -0.764. The van der Waals surface area contributed by atoms with Crippen molar-refractivity contribution in [2.24, 2.45) is 0 Å². The van der Waals surface area contributed by atoms with Gasteiger partial charge in [-0.25, -0.2) is 4.39 Å². The van der Waals surface area contributed by atoms with Crippen LogP contribution in [0.25, 0.3) is 0 Å². The molecule has 0 saturated heterocycles. The van der Waals surface area contributed by atoms with Crippen LogP contribution in [0.15, 0.2) is 53.4 Å². The highest BCUT2D eigenvalue weighted by Crippen LogP contribution is 2.25. The van der Waals surface area contributed by atoms with Crippen molar-refractivity contribution in [2.75, 3.05) is 5.32 Å². The minimum absolute atomic E-state index is 0.100. The lowest BCUT2D eigenvalue weighted by atomic mass is 10.3. The summed E-state index contributed by atoms with van der Waals surface area (Å²) in [6, 6.07) is 13.6. The van der Waals surface area contributed by atoms with E-state index in [0.29, 0.717) is 5.02 Å². The smallest absolute Gasteiger partial charge is 0.237 e. The molecule has 1 atom stereocenters. The molecular weight excluding hydrogens is 297 g/mol. The average Bonchev–Trinajstić information content (AvgIpc) is 2.44. The fourth-order valence-corrected chi connectivity index (χ4v) is 2.64. The molecule has 104 valence electrons. The fourth-order valence-electron chi connectivity index (χ4n) is 1.58. The molecule has 0 radical (unpaired) electrons. The summed E-state index contributed by atoms with van der Waals surface area (Å²) in [6.45, 7) is 1.77. The Hall–Kier alpha value is -1.52. The summed E-state index contributed by atoms with van der Waals surface area (Å²) in [5, 5.41) is 2.59. The first-order valence-electron chi connectivity index (χ1n) is 6.04. The third-order valence-electron chi connectivity index (χ3n) is 2.61. The second-order valence-electron chi connectivity index (χ2n) is 4.19. The maximum atomic E-state index is 13.5. The number of carbonyl (C=O) groups is 1. The first kappa shape index (κ1) is 14.9. The number of hydrogen-bond acceptors (Lipinski definition) is 2. The highest BCUT2D eigenvalue weighted by Gasteiger charge is 2.16. The SMILES string of the molecule is CC(Sc1ccccc1)C(=O)Nc1cc(Cl)ccc1F. The number of hydrogen-bond donors (Lipinski definition) is 1. The molecule has 2 rings (SSSR count). The number of thioether (sulfide) groups is 1. The van der Waals surface area contributed by atoms with Gasteiger partial charge in [0.2, 0.25) is 5.91 Å². The molecule has 5 heteroatoms. The van der Waals surface area contributed by atoms with Crippen LogP contribution in [0.1, 0.15) is 6.92 Å². The number of amides is 1. The Morgan fingerprint density at radius 2 is 1.95 bits per heavy atom. The molecule has 0 spiro atoms. The maximum absolute atomic E-state index is 13.5. The normalized spacial score (nSPS) is 11.9. The van der Waals surface area contributed by atoms with Gasteiger partial charge in [-0.2, -0.15) is 0 Å². The first-order valence-corrected chi connectivity index (χ1v) is 7.29. The van der Waals surface area contributed by atoms with E-state index in [1.165, 1.54) is 30.0 Å². The molecule has 1 unspecified atom stereocenters. The van der Waals surface area contributed by atoms with Gasteiger partial charge in [0.05, 0.1) is 10.9 Å². The molecule has 0 aromatic heterocycles. The van der Waals surface area contributed by atoms with Crippen molar-refractivity contribution in [3.8, 4) is 0 Å². The molecule has 0 bridgehead atoms. The van der Waals surface area contributed by atoms with Crippen LogP contribution in [-0.4, -0.2) is 11.2 Å². The molecule has 1 amide bonds. The third kappa shape index (κ3) is 3.99. The highest BCUT2D eigenvalue weighted by atomic mass is 35.5. The van der Waals surface area contributed by atoms with E-state index in [0.717, 1.165) is 4.90 Å². The number of benzene rings is 2. The van der Waals surface area contributed by atoms with Gasteiger partial charge in [-0.05, 0) is 37.3 Å². The van der Waals surface area contributed by atoms with Crippen molar-refractivity contribution in [2.45, 2.75) is 17.1 Å². The van der Waals surface area contributed by atoms with Crippen LogP contribution >= 0.6 is 23.4 Å². The number of carbonyl (C=O) groups excluding carboxylic acids is 1. The number of rotatable bonds is 4. The van der Waals surface area contributed by atoms with Gasteiger partial charge >= 0.3 is 0 Å². The summed E-state index contributed by atoms with van der Waals surface area (Å²) in [4.78, 5) is 13.0. The molecule has 2 nitrogen and oxygen atoms in total. The number of halogens is 2. The molecule has 2 aromatic carbocycles. The van der Waals surface area contributed by atoms with Crippen LogP contribution < -0.4 is 5.32 Å². The van der Waals surface area contributed by atoms with E-state index < -0.39 is 5.82 Å². The van der Waals surface area contributed by atoms with Crippen LogP contribution in [0.2, 0.25) is 5.02 Å². The Morgan fingerprint density at radius 1 is 1.25 bits per heavy atom. The van der Waals surface area contributed by atoms with Gasteiger partial charge in [-0.15, -0.1) is 11.8 Å². The molecular formula is C15H13ClFNOS. The highest BCUT2D eigenvalue weighted by molar-refractivity contribution is 8.00. The van der Waals surface area contributed by atoms with Crippen molar-refractivity contribution < 1.29 is 9.18 Å². The van der Waals surface area contributed by atoms with Gasteiger partial charge in [0.1, 0.15) is 5.82 Å². The molecule has 0 aliphatic rings. The number of anilines is 1. The Balaban J connectivity index is 2.02. The maximum Gasteiger partial charge on any atom is 0.237 e. The van der Waals surface area contributed by atoms with E-state index in [1.807, 2.05) is 30.3 Å². The van der Waals surface area contributed by atoms with Crippen LogP contribution in [0.5, 0.6) is 0 Å². The number of nitrogens with one attached hydrogen (secondary N) is 1. The Morgan fingerprint density at radius 3 is 2.65 bits per heavy atom. The summed E-state index contributed by atoms with van der Waals surface area (Å²) < 4.78 is 13.5. The van der Waals surface area contributed by atoms with Crippen molar-refractivity contribution >= 4 is 35.0 Å². The Kier molecular flexibility index (Phi) is 5.04.